The summed E-state index contributed by atoms with van der Waals surface area (Å²) in [6.07, 6.45) is 0.866. The molecule has 1 amide bonds. The minimum absolute atomic E-state index is 0.0585. The number of carbonyl (C=O) groups is 1. The first kappa shape index (κ1) is 11.3. The minimum Gasteiger partial charge on any atom is -0.451 e. The van der Waals surface area contributed by atoms with E-state index in [1.807, 2.05) is 31.2 Å². The molecule has 2 aromatic rings. The molecule has 2 heterocycles. The number of amides is 1. The van der Waals surface area contributed by atoms with Gasteiger partial charge < -0.3 is 15.1 Å². The van der Waals surface area contributed by atoms with Crippen LogP contribution in [0.2, 0.25) is 0 Å². The quantitative estimate of drug-likeness (QED) is 0.833. The van der Waals surface area contributed by atoms with Gasteiger partial charge in [0.05, 0.1) is 0 Å². The maximum absolute atomic E-state index is 12.2. The Kier molecular flexibility index (Phi) is 2.59. The first-order valence-electron chi connectivity index (χ1n) is 6.18. The molecule has 1 saturated heterocycles. The van der Waals surface area contributed by atoms with Crippen LogP contribution >= 0.6 is 0 Å². The molecule has 4 heteroatoms. The second-order valence-electron chi connectivity index (χ2n) is 4.95. The summed E-state index contributed by atoms with van der Waals surface area (Å²) in [6.45, 7) is 3.36. The van der Waals surface area contributed by atoms with Crippen LogP contribution in [0.1, 0.15) is 22.5 Å². The number of rotatable bonds is 1. The monoisotopic (exact) mass is 244 g/mol. The lowest BCUT2D eigenvalue weighted by Crippen LogP contribution is -2.31. The molecule has 1 atom stereocenters. The van der Waals surface area contributed by atoms with Crippen LogP contribution in [0.5, 0.6) is 0 Å². The van der Waals surface area contributed by atoms with Gasteiger partial charge in [0.25, 0.3) is 5.91 Å². The number of furan rings is 1. The van der Waals surface area contributed by atoms with E-state index in [2.05, 4.69) is 0 Å². The van der Waals surface area contributed by atoms with Crippen molar-refractivity contribution in [1.29, 1.82) is 0 Å². The zero-order chi connectivity index (χ0) is 12.7. The van der Waals surface area contributed by atoms with E-state index < -0.39 is 0 Å². The van der Waals surface area contributed by atoms with E-state index in [1.54, 1.807) is 4.90 Å². The number of aryl methyl sites for hydroxylation is 1. The number of likely N-dealkylation sites (tertiary alicyclic amines) is 1. The van der Waals surface area contributed by atoms with Crippen molar-refractivity contribution in [3.05, 3.63) is 35.6 Å². The molecule has 0 radical (unpaired) electrons. The molecule has 1 fully saturated rings. The Bertz CT molecular complexity index is 603. The predicted molar refractivity (Wildman–Crippen MR) is 69.4 cm³/mol. The maximum atomic E-state index is 12.2. The lowest BCUT2D eigenvalue weighted by atomic mass is 10.2. The smallest absolute Gasteiger partial charge is 0.289 e. The Hall–Kier alpha value is -1.81. The van der Waals surface area contributed by atoms with Crippen LogP contribution in [-0.4, -0.2) is 29.9 Å². The fraction of sp³-hybridized carbons (Fsp3) is 0.357. The molecule has 1 aliphatic rings. The molecule has 0 bridgehead atoms. The van der Waals surface area contributed by atoms with Crippen LogP contribution in [0.15, 0.2) is 28.7 Å². The Morgan fingerprint density at radius 1 is 1.44 bits per heavy atom. The molecule has 1 aliphatic heterocycles. The second kappa shape index (κ2) is 4.14. The normalized spacial score (nSPS) is 19.7. The highest BCUT2D eigenvalue weighted by molar-refractivity contribution is 5.96. The molecule has 94 valence electrons. The molecule has 0 saturated carbocycles. The number of fused-ring (bicyclic) bond motifs is 1. The van der Waals surface area contributed by atoms with Crippen LogP contribution in [0, 0.1) is 6.92 Å². The summed E-state index contributed by atoms with van der Waals surface area (Å²) in [7, 11) is 0. The third-order valence-corrected chi connectivity index (χ3v) is 3.39. The van der Waals surface area contributed by atoms with Gasteiger partial charge in [-0.1, -0.05) is 11.6 Å². The third kappa shape index (κ3) is 1.88. The van der Waals surface area contributed by atoms with Gasteiger partial charge in [0.15, 0.2) is 5.76 Å². The van der Waals surface area contributed by atoms with Gasteiger partial charge in [-0.3, -0.25) is 4.79 Å². The molecule has 1 aromatic heterocycles. The first-order chi connectivity index (χ1) is 8.63. The number of nitrogens with zero attached hydrogens (tertiary/aromatic N) is 1. The average molecular weight is 244 g/mol. The molecular formula is C14H16N2O2. The minimum atomic E-state index is -0.0585. The molecule has 0 spiro atoms. The third-order valence-electron chi connectivity index (χ3n) is 3.39. The largest absolute Gasteiger partial charge is 0.451 e. The highest BCUT2D eigenvalue weighted by atomic mass is 16.3. The topological polar surface area (TPSA) is 59.5 Å². The maximum Gasteiger partial charge on any atom is 0.289 e. The van der Waals surface area contributed by atoms with Gasteiger partial charge in [-0.2, -0.15) is 0 Å². The van der Waals surface area contributed by atoms with Crippen molar-refractivity contribution in [2.75, 3.05) is 13.1 Å². The van der Waals surface area contributed by atoms with Crippen LogP contribution in [0.25, 0.3) is 11.0 Å². The fourth-order valence-electron chi connectivity index (χ4n) is 2.40. The average Bonchev–Trinajstić information content (AvgIpc) is 2.93. The van der Waals surface area contributed by atoms with Crippen LogP contribution in [0.3, 0.4) is 0 Å². The van der Waals surface area contributed by atoms with E-state index >= 15 is 0 Å². The number of hydrogen-bond acceptors (Lipinski definition) is 3. The summed E-state index contributed by atoms with van der Waals surface area (Å²) in [4.78, 5) is 14.0. The highest BCUT2D eigenvalue weighted by Gasteiger charge is 2.26. The molecular weight excluding hydrogens is 228 g/mol. The van der Waals surface area contributed by atoms with E-state index in [1.165, 1.54) is 0 Å². The molecule has 2 N–H and O–H groups in total. The first-order valence-corrected chi connectivity index (χ1v) is 6.18. The Morgan fingerprint density at radius 3 is 3.00 bits per heavy atom. The van der Waals surface area contributed by atoms with Gasteiger partial charge in [0, 0.05) is 24.5 Å². The van der Waals surface area contributed by atoms with Crippen molar-refractivity contribution in [3.63, 3.8) is 0 Å². The molecule has 1 unspecified atom stereocenters. The van der Waals surface area contributed by atoms with Gasteiger partial charge in [0.1, 0.15) is 5.58 Å². The lowest BCUT2D eigenvalue weighted by molar-refractivity contribution is 0.0761. The number of carbonyl (C=O) groups excluding carboxylic acids is 1. The molecule has 3 rings (SSSR count). The van der Waals surface area contributed by atoms with Crippen molar-refractivity contribution in [2.24, 2.45) is 5.73 Å². The van der Waals surface area contributed by atoms with E-state index in [4.69, 9.17) is 10.2 Å². The van der Waals surface area contributed by atoms with Crippen molar-refractivity contribution in [2.45, 2.75) is 19.4 Å². The summed E-state index contributed by atoms with van der Waals surface area (Å²) in [5.74, 6) is 0.349. The van der Waals surface area contributed by atoms with Crippen molar-refractivity contribution < 1.29 is 9.21 Å². The molecule has 18 heavy (non-hydrogen) atoms. The zero-order valence-electron chi connectivity index (χ0n) is 10.3. The second-order valence-corrected chi connectivity index (χ2v) is 4.95. The summed E-state index contributed by atoms with van der Waals surface area (Å²) in [5.41, 5.74) is 7.73. The van der Waals surface area contributed by atoms with Gasteiger partial charge in [-0.15, -0.1) is 0 Å². The number of nitrogens with two attached hydrogens (primary N) is 1. The van der Waals surface area contributed by atoms with Crippen LogP contribution in [-0.2, 0) is 0 Å². The Balaban J connectivity index is 1.92. The van der Waals surface area contributed by atoms with Gasteiger partial charge in [-0.05, 0) is 31.5 Å². The van der Waals surface area contributed by atoms with Crippen LogP contribution < -0.4 is 5.73 Å². The summed E-state index contributed by atoms with van der Waals surface area (Å²) >= 11 is 0. The van der Waals surface area contributed by atoms with Crippen molar-refractivity contribution >= 4 is 16.9 Å². The Labute approximate surface area is 105 Å². The summed E-state index contributed by atoms with van der Waals surface area (Å²) in [5, 5.41) is 0.974. The lowest BCUT2D eigenvalue weighted by Gasteiger charge is -2.13. The van der Waals surface area contributed by atoms with E-state index in [0.717, 1.165) is 29.5 Å². The van der Waals surface area contributed by atoms with Crippen molar-refractivity contribution in [3.8, 4) is 0 Å². The van der Waals surface area contributed by atoms with E-state index in [9.17, 15) is 4.79 Å². The standard InChI is InChI=1S/C14H16N2O2/c1-9-2-3-12-10(6-9)7-13(18-12)14(17)16-5-4-11(15)8-16/h2-3,6-7,11H,4-5,8,15H2,1H3. The fourth-order valence-corrected chi connectivity index (χ4v) is 2.40. The van der Waals surface area contributed by atoms with E-state index in [0.29, 0.717) is 12.3 Å². The summed E-state index contributed by atoms with van der Waals surface area (Å²) < 4.78 is 5.60. The van der Waals surface area contributed by atoms with Gasteiger partial charge in [-0.25, -0.2) is 0 Å². The Morgan fingerprint density at radius 2 is 2.28 bits per heavy atom. The predicted octanol–water partition coefficient (Wildman–Crippen LogP) is 1.91. The highest BCUT2D eigenvalue weighted by Crippen LogP contribution is 2.22. The van der Waals surface area contributed by atoms with Crippen LogP contribution in [0.4, 0.5) is 0 Å². The zero-order valence-corrected chi connectivity index (χ0v) is 10.3. The SMILES string of the molecule is Cc1ccc2oc(C(=O)N3CCC(N)C3)cc2c1. The van der Waals surface area contributed by atoms with Gasteiger partial charge >= 0.3 is 0 Å². The molecule has 4 nitrogen and oxygen atoms in total. The van der Waals surface area contributed by atoms with Gasteiger partial charge in [0.2, 0.25) is 0 Å². The van der Waals surface area contributed by atoms with Crippen molar-refractivity contribution in [1.82, 2.24) is 4.90 Å². The summed E-state index contributed by atoms with van der Waals surface area (Å²) in [6, 6.07) is 7.81. The van der Waals surface area contributed by atoms with E-state index in [-0.39, 0.29) is 11.9 Å². The molecule has 0 aliphatic carbocycles. The number of benzene rings is 1. The molecule has 1 aromatic carbocycles. The number of hydrogen-bond donors (Lipinski definition) is 1.